The molecule has 1 atom stereocenters. The van der Waals surface area contributed by atoms with Crippen molar-refractivity contribution in [2.24, 2.45) is 5.41 Å². The number of thioether (sulfide) groups is 1. The number of amides is 1. The Morgan fingerprint density at radius 2 is 2.17 bits per heavy atom. The number of fused-ring (bicyclic) bond motifs is 1. The van der Waals surface area contributed by atoms with Crippen molar-refractivity contribution in [1.82, 2.24) is 0 Å². The van der Waals surface area contributed by atoms with Crippen molar-refractivity contribution in [3.63, 3.8) is 0 Å². The number of carbonyl (C=O) groups is 1. The van der Waals surface area contributed by atoms with Crippen LogP contribution in [0.4, 0.5) is 5.69 Å². The van der Waals surface area contributed by atoms with Crippen LogP contribution in [0.15, 0.2) is 23.1 Å². The maximum Gasteiger partial charge on any atom is 0.234 e. The van der Waals surface area contributed by atoms with E-state index in [1.165, 1.54) is 0 Å². The molecule has 1 fully saturated rings. The van der Waals surface area contributed by atoms with Gasteiger partial charge in [-0.05, 0) is 29.5 Å². The topological polar surface area (TPSA) is 49.3 Å². The molecule has 0 saturated heterocycles. The van der Waals surface area contributed by atoms with Gasteiger partial charge in [0.25, 0.3) is 0 Å². The summed E-state index contributed by atoms with van der Waals surface area (Å²) < 4.78 is 0. The minimum absolute atomic E-state index is 0.0535. The quantitative estimate of drug-likeness (QED) is 0.861. The van der Waals surface area contributed by atoms with Gasteiger partial charge in [0.15, 0.2) is 0 Å². The summed E-state index contributed by atoms with van der Waals surface area (Å²) in [5.41, 5.74) is 2.04. The van der Waals surface area contributed by atoms with Crippen molar-refractivity contribution in [3.8, 4) is 0 Å². The van der Waals surface area contributed by atoms with Crippen LogP contribution < -0.4 is 5.32 Å². The van der Waals surface area contributed by atoms with Crippen LogP contribution in [0.25, 0.3) is 0 Å². The number of carbonyl (C=O) groups excluding carboxylic acids is 1. The maximum absolute atomic E-state index is 11.4. The SMILES string of the molecule is CC1(C)CC1(CO)c1ccc2c(c1)NC(=O)CS2. The maximum atomic E-state index is 11.4. The molecule has 1 aliphatic heterocycles. The molecule has 0 spiro atoms. The van der Waals surface area contributed by atoms with E-state index in [9.17, 15) is 9.90 Å². The van der Waals surface area contributed by atoms with Crippen LogP contribution in [-0.4, -0.2) is 23.4 Å². The molecule has 1 amide bonds. The van der Waals surface area contributed by atoms with Crippen molar-refractivity contribution in [1.29, 1.82) is 0 Å². The van der Waals surface area contributed by atoms with E-state index >= 15 is 0 Å². The van der Waals surface area contributed by atoms with Crippen LogP contribution in [0, 0.1) is 5.41 Å². The third kappa shape index (κ3) is 1.59. The fraction of sp³-hybridized carbons (Fsp3) is 0.500. The predicted octanol–water partition coefficient (Wildman–Crippen LogP) is 2.39. The zero-order chi connectivity index (χ0) is 13.0. The van der Waals surface area contributed by atoms with E-state index in [1.54, 1.807) is 11.8 Å². The van der Waals surface area contributed by atoms with Gasteiger partial charge in [-0.15, -0.1) is 11.8 Å². The van der Waals surface area contributed by atoms with Gasteiger partial charge in [-0.3, -0.25) is 4.79 Å². The number of rotatable bonds is 2. The molecule has 0 aromatic heterocycles. The van der Waals surface area contributed by atoms with Crippen molar-refractivity contribution >= 4 is 23.4 Å². The second-order valence-electron chi connectivity index (χ2n) is 5.85. The molecule has 2 aliphatic rings. The van der Waals surface area contributed by atoms with E-state index in [1.807, 2.05) is 6.07 Å². The van der Waals surface area contributed by atoms with E-state index in [4.69, 9.17) is 0 Å². The van der Waals surface area contributed by atoms with Gasteiger partial charge in [-0.2, -0.15) is 0 Å². The molecule has 96 valence electrons. The minimum atomic E-state index is -0.130. The lowest BCUT2D eigenvalue weighted by Gasteiger charge is -2.22. The fourth-order valence-electron chi connectivity index (χ4n) is 2.95. The summed E-state index contributed by atoms with van der Waals surface area (Å²) in [7, 11) is 0. The Morgan fingerprint density at radius 3 is 2.78 bits per heavy atom. The lowest BCUT2D eigenvalue weighted by atomic mass is 9.88. The Bertz CT molecular complexity index is 527. The first kappa shape index (κ1) is 12.1. The highest BCUT2D eigenvalue weighted by Crippen LogP contribution is 2.64. The predicted molar refractivity (Wildman–Crippen MR) is 73.0 cm³/mol. The van der Waals surface area contributed by atoms with Gasteiger partial charge in [0.2, 0.25) is 5.91 Å². The molecule has 1 aromatic carbocycles. The van der Waals surface area contributed by atoms with Crippen molar-refractivity contribution in [2.45, 2.75) is 30.6 Å². The Morgan fingerprint density at radius 1 is 1.44 bits per heavy atom. The van der Waals surface area contributed by atoms with Gasteiger partial charge in [0.05, 0.1) is 18.0 Å². The first-order valence-electron chi connectivity index (χ1n) is 6.17. The number of nitrogens with one attached hydrogen (secondary N) is 1. The summed E-state index contributed by atoms with van der Waals surface area (Å²) in [4.78, 5) is 12.5. The lowest BCUT2D eigenvalue weighted by molar-refractivity contribution is -0.113. The normalized spacial score (nSPS) is 28.5. The largest absolute Gasteiger partial charge is 0.395 e. The number of aliphatic hydroxyl groups is 1. The molecule has 1 aromatic rings. The van der Waals surface area contributed by atoms with Crippen molar-refractivity contribution in [2.75, 3.05) is 17.7 Å². The highest BCUT2D eigenvalue weighted by atomic mass is 32.2. The Balaban J connectivity index is 2.00. The molecular weight excluding hydrogens is 246 g/mol. The molecule has 3 nitrogen and oxygen atoms in total. The average Bonchev–Trinajstić information content (AvgIpc) is 2.92. The summed E-state index contributed by atoms with van der Waals surface area (Å²) in [6, 6.07) is 6.18. The molecule has 4 heteroatoms. The zero-order valence-corrected chi connectivity index (χ0v) is 11.4. The summed E-state index contributed by atoms with van der Waals surface area (Å²) in [6.45, 7) is 4.52. The molecular formula is C14H17NO2S. The Hall–Kier alpha value is -1.000. The van der Waals surface area contributed by atoms with Crippen LogP contribution in [0.1, 0.15) is 25.8 Å². The molecule has 2 N–H and O–H groups in total. The zero-order valence-electron chi connectivity index (χ0n) is 10.6. The molecule has 1 heterocycles. The minimum Gasteiger partial charge on any atom is -0.395 e. The third-order valence-corrected chi connectivity index (χ3v) is 5.42. The van der Waals surface area contributed by atoms with E-state index in [0.29, 0.717) is 5.75 Å². The lowest BCUT2D eigenvalue weighted by Crippen LogP contribution is -2.22. The number of hydrogen-bond acceptors (Lipinski definition) is 3. The smallest absolute Gasteiger partial charge is 0.234 e. The van der Waals surface area contributed by atoms with Gasteiger partial charge in [0, 0.05) is 10.3 Å². The van der Waals surface area contributed by atoms with Crippen LogP contribution in [-0.2, 0) is 10.2 Å². The number of benzene rings is 1. The number of hydrogen-bond donors (Lipinski definition) is 2. The highest BCUT2D eigenvalue weighted by molar-refractivity contribution is 8.00. The van der Waals surface area contributed by atoms with Gasteiger partial charge in [-0.25, -0.2) is 0 Å². The molecule has 0 radical (unpaired) electrons. The summed E-state index contributed by atoms with van der Waals surface area (Å²) in [5.74, 6) is 0.543. The van der Waals surface area contributed by atoms with Crippen LogP contribution in [0.2, 0.25) is 0 Å². The highest BCUT2D eigenvalue weighted by Gasteiger charge is 2.61. The van der Waals surface area contributed by atoms with Crippen LogP contribution in [0.5, 0.6) is 0 Å². The van der Waals surface area contributed by atoms with Crippen LogP contribution in [0.3, 0.4) is 0 Å². The second-order valence-corrected chi connectivity index (χ2v) is 6.87. The fourth-order valence-corrected chi connectivity index (χ4v) is 3.73. The number of anilines is 1. The van der Waals surface area contributed by atoms with E-state index < -0.39 is 0 Å². The summed E-state index contributed by atoms with van der Waals surface area (Å²) in [6.07, 6.45) is 0.996. The molecule has 0 bridgehead atoms. The van der Waals surface area contributed by atoms with Gasteiger partial charge in [0.1, 0.15) is 0 Å². The van der Waals surface area contributed by atoms with Gasteiger partial charge in [-0.1, -0.05) is 19.9 Å². The average molecular weight is 263 g/mol. The Labute approximate surface area is 111 Å². The molecule has 1 saturated carbocycles. The third-order valence-electron chi connectivity index (χ3n) is 4.35. The second kappa shape index (κ2) is 3.75. The Kier molecular flexibility index (Phi) is 2.51. The van der Waals surface area contributed by atoms with E-state index in [0.717, 1.165) is 22.6 Å². The van der Waals surface area contributed by atoms with Crippen molar-refractivity contribution in [3.05, 3.63) is 23.8 Å². The first-order chi connectivity index (χ1) is 8.48. The van der Waals surface area contributed by atoms with Crippen molar-refractivity contribution < 1.29 is 9.90 Å². The molecule has 3 rings (SSSR count). The van der Waals surface area contributed by atoms with Gasteiger partial charge >= 0.3 is 0 Å². The molecule has 1 aliphatic carbocycles. The monoisotopic (exact) mass is 263 g/mol. The molecule has 18 heavy (non-hydrogen) atoms. The van der Waals surface area contributed by atoms with E-state index in [-0.39, 0.29) is 23.3 Å². The van der Waals surface area contributed by atoms with E-state index in [2.05, 4.69) is 31.3 Å². The number of aliphatic hydroxyl groups excluding tert-OH is 1. The standard InChI is InChI=1S/C14H17NO2S/c1-13(2)7-14(13,8-16)9-3-4-11-10(5-9)15-12(17)6-18-11/h3-5,16H,6-8H2,1-2H3,(H,15,17). The van der Waals surface area contributed by atoms with Gasteiger partial charge < -0.3 is 10.4 Å². The first-order valence-corrected chi connectivity index (χ1v) is 7.15. The molecule has 1 unspecified atom stereocenters. The summed E-state index contributed by atoms with van der Waals surface area (Å²) in [5, 5.41) is 12.6. The van der Waals surface area contributed by atoms with Crippen LogP contribution >= 0.6 is 11.8 Å². The summed E-state index contributed by atoms with van der Waals surface area (Å²) >= 11 is 1.57.